The third kappa shape index (κ3) is 4.12. The minimum absolute atomic E-state index is 0.158. The molecular weight excluding hydrogens is 288 g/mol. The lowest BCUT2D eigenvalue weighted by molar-refractivity contribution is -0.119. The van der Waals surface area contributed by atoms with Crippen LogP contribution in [0.5, 0.6) is 0 Å². The van der Waals surface area contributed by atoms with E-state index >= 15 is 0 Å². The van der Waals surface area contributed by atoms with Gasteiger partial charge in [0.2, 0.25) is 5.76 Å². The molecule has 1 aromatic rings. The van der Waals surface area contributed by atoms with Crippen LogP contribution in [0.4, 0.5) is 0 Å². The second-order valence-electron chi connectivity index (χ2n) is 4.48. The number of rotatable bonds is 9. The first-order valence-corrected chi connectivity index (χ1v) is 6.90. The number of amides is 1. The summed E-state index contributed by atoms with van der Waals surface area (Å²) in [5, 5.41) is 2.74. The molecule has 1 aliphatic heterocycles. The lowest BCUT2D eigenvalue weighted by Crippen LogP contribution is -2.18. The molecule has 0 bridgehead atoms. The van der Waals surface area contributed by atoms with Crippen molar-refractivity contribution in [2.45, 2.75) is 0 Å². The Morgan fingerprint density at radius 1 is 1.05 bits per heavy atom. The highest BCUT2D eigenvalue weighted by molar-refractivity contribution is 5.99. The molecule has 7 nitrogen and oxygen atoms in total. The summed E-state index contributed by atoms with van der Waals surface area (Å²) >= 11 is 0. The highest BCUT2D eigenvalue weighted by Gasteiger charge is 2.30. The molecule has 22 heavy (non-hydrogen) atoms. The molecule has 120 valence electrons. The number of carbonyl (C=O) groups is 1. The summed E-state index contributed by atoms with van der Waals surface area (Å²) in [5.41, 5.74) is 1.40. The number of methoxy groups -OCH3 is 2. The second-order valence-corrected chi connectivity index (χ2v) is 4.48. The fourth-order valence-electron chi connectivity index (χ4n) is 1.88. The lowest BCUT2D eigenvalue weighted by atomic mass is 10.3. The molecule has 1 aromatic heterocycles. The van der Waals surface area contributed by atoms with Crippen molar-refractivity contribution in [3.05, 3.63) is 41.2 Å². The van der Waals surface area contributed by atoms with Crippen LogP contribution < -0.4 is 5.32 Å². The number of H-pyrrole nitrogens is 1. The smallest absolute Gasteiger partial charge is 0.294 e. The molecular formula is C15H20N2O5. The summed E-state index contributed by atoms with van der Waals surface area (Å²) < 4.78 is 21.0. The molecule has 0 radical (unpaired) electrons. The van der Waals surface area contributed by atoms with Crippen LogP contribution in [0.15, 0.2) is 35.5 Å². The first kappa shape index (κ1) is 16.1. The van der Waals surface area contributed by atoms with Crippen LogP contribution in [-0.2, 0) is 23.7 Å². The highest BCUT2D eigenvalue weighted by atomic mass is 16.6. The van der Waals surface area contributed by atoms with Crippen LogP contribution in [0.2, 0.25) is 0 Å². The number of hydrogen-bond donors (Lipinski definition) is 2. The predicted molar refractivity (Wildman–Crippen MR) is 79.6 cm³/mol. The van der Waals surface area contributed by atoms with Crippen molar-refractivity contribution < 1.29 is 23.7 Å². The quantitative estimate of drug-likeness (QED) is 0.666. The predicted octanol–water partition coefficient (Wildman–Crippen LogP) is 1.02. The molecule has 0 fully saturated rings. The summed E-state index contributed by atoms with van der Waals surface area (Å²) in [7, 11) is 3.15. The highest BCUT2D eigenvalue weighted by Crippen LogP contribution is 2.24. The van der Waals surface area contributed by atoms with Gasteiger partial charge in [-0.3, -0.25) is 4.79 Å². The van der Waals surface area contributed by atoms with Gasteiger partial charge < -0.3 is 29.2 Å². The zero-order valence-electron chi connectivity index (χ0n) is 12.7. The third-order valence-corrected chi connectivity index (χ3v) is 2.89. The maximum Gasteiger partial charge on any atom is 0.294 e. The van der Waals surface area contributed by atoms with Gasteiger partial charge in [0, 0.05) is 26.1 Å². The van der Waals surface area contributed by atoms with Gasteiger partial charge in [0.25, 0.3) is 5.91 Å². The number of carbonyl (C=O) groups excluding carboxylic acids is 1. The molecule has 0 spiro atoms. The fourth-order valence-corrected chi connectivity index (χ4v) is 1.88. The maximum absolute atomic E-state index is 12.1. The maximum atomic E-state index is 12.1. The van der Waals surface area contributed by atoms with Gasteiger partial charge in [-0.2, -0.15) is 0 Å². The molecule has 2 heterocycles. The number of nitrogens with one attached hydrogen (secondary N) is 2. The number of ether oxygens (including phenoxy) is 4. The molecule has 0 aliphatic carbocycles. The monoisotopic (exact) mass is 308 g/mol. The van der Waals surface area contributed by atoms with E-state index in [0.29, 0.717) is 31.3 Å². The van der Waals surface area contributed by atoms with E-state index in [0.717, 1.165) is 5.69 Å². The van der Waals surface area contributed by atoms with E-state index in [-0.39, 0.29) is 18.3 Å². The van der Waals surface area contributed by atoms with Crippen molar-refractivity contribution in [2.24, 2.45) is 0 Å². The molecule has 0 saturated carbocycles. The number of aromatic amines is 1. The van der Waals surface area contributed by atoms with Gasteiger partial charge in [0.15, 0.2) is 5.76 Å². The average Bonchev–Trinajstić information content (AvgIpc) is 3.10. The van der Waals surface area contributed by atoms with E-state index in [1.165, 1.54) is 0 Å². The molecule has 2 rings (SSSR count). The Morgan fingerprint density at radius 3 is 2.32 bits per heavy atom. The summed E-state index contributed by atoms with van der Waals surface area (Å²) in [5.74, 6) is 0.208. The SMILES string of the molecule is COCCOC1=C(OCCOC)C(=Cc2ccc[nH]2)NC1=O. The van der Waals surface area contributed by atoms with Crippen molar-refractivity contribution in [2.75, 3.05) is 40.6 Å². The van der Waals surface area contributed by atoms with E-state index in [2.05, 4.69) is 10.3 Å². The van der Waals surface area contributed by atoms with Gasteiger partial charge in [-0.1, -0.05) is 0 Å². The molecule has 7 heteroatoms. The topological polar surface area (TPSA) is 81.8 Å². The van der Waals surface area contributed by atoms with Crippen molar-refractivity contribution >= 4 is 12.0 Å². The Balaban J connectivity index is 2.19. The van der Waals surface area contributed by atoms with Crippen LogP contribution >= 0.6 is 0 Å². The van der Waals surface area contributed by atoms with Crippen molar-refractivity contribution in [3.63, 3.8) is 0 Å². The molecule has 2 N–H and O–H groups in total. The number of hydrogen-bond acceptors (Lipinski definition) is 5. The molecule has 0 atom stereocenters. The van der Waals surface area contributed by atoms with Crippen molar-refractivity contribution in [1.29, 1.82) is 0 Å². The van der Waals surface area contributed by atoms with Gasteiger partial charge in [0.1, 0.15) is 13.2 Å². The van der Waals surface area contributed by atoms with Gasteiger partial charge in [-0.25, -0.2) is 0 Å². The van der Waals surface area contributed by atoms with Crippen molar-refractivity contribution in [3.8, 4) is 0 Å². The van der Waals surface area contributed by atoms with Gasteiger partial charge in [-0.05, 0) is 18.2 Å². The Morgan fingerprint density at radius 2 is 1.73 bits per heavy atom. The van der Waals surface area contributed by atoms with Gasteiger partial charge >= 0.3 is 0 Å². The summed E-state index contributed by atoms with van der Waals surface area (Å²) in [6, 6.07) is 3.75. The minimum atomic E-state index is -0.332. The Bertz CT molecular complexity index is 548. The molecule has 1 aliphatic rings. The van der Waals surface area contributed by atoms with Crippen LogP contribution in [0.1, 0.15) is 5.69 Å². The first-order chi connectivity index (χ1) is 10.8. The Labute approximate surface area is 128 Å². The largest absolute Gasteiger partial charge is 0.485 e. The van der Waals surface area contributed by atoms with Crippen LogP contribution in [0.3, 0.4) is 0 Å². The first-order valence-electron chi connectivity index (χ1n) is 6.90. The number of aromatic nitrogens is 1. The van der Waals surface area contributed by atoms with Crippen LogP contribution in [0, 0.1) is 0 Å². The molecule has 0 aromatic carbocycles. The molecule has 0 unspecified atom stereocenters. The van der Waals surface area contributed by atoms with Crippen molar-refractivity contribution in [1.82, 2.24) is 10.3 Å². The fraction of sp³-hybridized carbons (Fsp3) is 0.400. The van der Waals surface area contributed by atoms with Gasteiger partial charge in [0.05, 0.1) is 18.9 Å². The third-order valence-electron chi connectivity index (χ3n) is 2.89. The molecule has 0 saturated heterocycles. The standard InChI is InChI=1S/C15H20N2O5/c1-19-6-8-21-13-12(10-11-4-3-5-16-11)17-15(18)14(13)22-9-7-20-2/h3-5,10,16H,6-9H2,1-2H3,(H,17,18). The second kappa shape index (κ2) is 8.26. The zero-order chi connectivity index (χ0) is 15.8. The Hall–Kier alpha value is -2.25. The Kier molecular flexibility index (Phi) is 6.05. The van der Waals surface area contributed by atoms with E-state index in [4.69, 9.17) is 18.9 Å². The summed E-state index contributed by atoms with van der Waals surface area (Å²) in [6.45, 7) is 1.39. The minimum Gasteiger partial charge on any atom is -0.485 e. The van der Waals surface area contributed by atoms with Gasteiger partial charge in [-0.15, -0.1) is 0 Å². The van der Waals surface area contributed by atoms with Crippen LogP contribution in [0.25, 0.3) is 6.08 Å². The van der Waals surface area contributed by atoms with E-state index < -0.39 is 0 Å². The molecule has 1 amide bonds. The van der Waals surface area contributed by atoms with E-state index in [9.17, 15) is 4.79 Å². The summed E-state index contributed by atoms with van der Waals surface area (Å²) in [6.07, 6.45) is 3.58. The van der Waals surface area contributed by atoms with Crippen LogP contribution in [-0.4, -0.2) is 51.5 Å². The normalized spacial score (nSPS) is 16.3. The van der Waals surface area contributed by atoms with E-state index in [1.54, 1.807) is 26.5 Å². The lowest BCUT2D eigenvalue weighted by Gasteiger charge is -2.10. The summed E-state index contributed by atoms with van der Waals surface area (Å²) in [4.78, 5) is 15.1. The zero-order valence-corrected chi connectivity index (χ0v) is 12.7. The van der Waals surface area contributed by atoms with E-state index in [1.807, 2.05) is 12.1 Å². The average molecular weight is 308 g/mol.